The number of rotatable bonds is 6. The molecule has 0 aromatic heterocycles. The minimum absolute atomic E-state index is 0.0772. The number of benzene rings is 2. The van der Waals surface area contributed by atoms with E-state index < -0.39 is 29.5 Å². The molecule has 2 aromatic rings. The van der Waals surface area contributed by atoms with Crippen LogP contribution in [0.1, 0.15) is 24.5 Å². The molecular formula is C16H12Cl2F3NO4P+. The molecule has 5 nitrogen and oxygen atoms in total. The number of nitro groups is 1. The van der Waals surface area contributed by atoms with Gasteiger partial charge in [-0.1, -0.05) is 24.9 Å². The lowest BCUT2D eigenvalue weighted by atomic mass is 10.1. The highest BCUT2D eigenvalue weighted by Gasteiger charge is 2.33. The second-order valence-electron chi connectivity index (χ2n) is 5.45. The van der Waals surface area contributed by atoms with E-state index in [9.17, 15) is 27.9 Å². The van der Waals surface area contributed by atoms with Gasteiger partial charge in [0.25, 0.3) is 5.30 Å². The van der Waals surface area contributed by atoms with Crippen molar-refractivity contribution in [1.82, 2.24) is 0 Å². The minimum Gasteiger partial charge on any atom is -0.455 e. The van der Waals surface area contributed by atoms with E-state index in [0.29, 0.717) is 24.5 Å². The van der Waals surface area contributed by atoms with Crippen LogP contribution in [0, 0.1) is 10.1 Å². The third-order valence-corrected chi connectivity index (χ3v) is 5.12. The van der Waals surface area contributed by atoms with E-state index >= 15 is 0 Å². The molecule has 11 heteroatoms. The second-order valence-corrected chi connectivity index (χ2v) is 7.75. The number of hydrogen-bond donors (Lipinski definition) is 0. The van der Waals surface area contributed by atoms with Crippen LogP contribution in [0.3, 0.4) is 0 Å². The zero-order valence-electron chi connectivity index (χ0n) is 13.7. The molecule has 0 heterocycles. The maximum atomic E-state index is 12.7. The lowest BCUT2D eigenvalue weighted by Crippen LogP contribution is -2.08. The van der Waals surface area contributed by atoms with Gasteiger partial charge in [0.15, 0.2) is 0 Å². The Bertz CT molecular complexity index is 906. The summed E-state index contributed by atoms with van der Waals surface area (Å²) in [5.41, 5.74) is -0.945. The summed E-state index contributed by atoms with van der Waals surface area (Å²) in [6, 6.07) is 4.91. The molecule has 1 unspecified atom stereocenters. The van der Waals surface area contributed by atoms with E-state index in [1.807, 2.05) is 6.92 Å². The Balaban J connectivity index is 2.53. The van der Waals surface area contributed by atoms with Crippen LogP contribution in [0.2, 0.25) is 5.02 Å². The summed E-state index contributed by atoms with van der Waals surface area (Å²) in [5.74, 6) is 0.00901. The van der Waals surface area contributed by atoms with Gasteiger partial charge in [-0.3, -0.25) is 10.1 Å². The molecule has 0 saturated heterocycles. The third kappa shape index (κ3) is 5.09. The molecular weight excluding hydrogens is 429 g/mol. The highest BCUT2D eigenvalue weighted by atomic mass is 35.7. The number of ether oxygens (including phenoxy) is 1. The lowest BCUT2D eigenvalue weighted by Gasteiger charge is -2.13. The van der Waals surface area contributed by atoms with Gasteiger partial charge < -0.3 is 4.74 Å². The van der Waals surface area contributed by atoms with Crippen molar-refractivity contribution >= 4 is 41.0 Å². The zero-order valence-corrected chi connectivity index (χ0v) is 16.1. The van der Waals surface area contributed by atoms with Gasteiger partial charge in [0, 0.05) is 17.7 Å². The average molecular weight is 441 g/mol. The highest BCUT2D eigenvalue weighted by Crippen LogP contribution is 2.40. The summed E-state index contributed by atoms with van der Waals surface area (Å²) in [4.78, 5) is 10.5. The molecule has 0 saturated carbocycles. The molecule has 0 radical (unpaired) electrons. The molecule has 144 valence electrons. The number of nitro benzene ring substituents is 1. The Morgan fingerprint density at radius 3 is 2.37 bits per heavy atom. The van der Waals surface area contributed by atoms with Crippen LogP contribution in [0.4, 0.5) is 18.9 Å². The van der Waals surface area contributed by atoms with Crippen molar-refractivity contribution < 1.29 is 27.4 Å². The summed E-state index contributed by atoms with van der Waals surface area (Å²) in [6.07, 6.45) is -3.57. The smallest absolute Gasteiger partial charge is 0.455 e. The first kappa shape index (κ1) is 21.4. The first-order valence-corrected chi connectivity index (χ1v) is 10.1. The van der Waals surface area contributed by atoms with Crippen molar-refractivity contribution in [2.45, 2.75) is 25.9 Å². The van der Waals surface area contributed by atoms with Crippen LogP contribution in [0.5, 0.6) is 11.5 Å². The number of hydrogen-bond acceptors (Lipinski definition) is 4. The van der Waals surface area contributed by atoms with Gasteiger partial charge in [-0.05, 0) is 29.2 Å². The van der Waals surface area contributed by atoms with Crippen LogP contribution in [-0.2, 0) is 17.2 Å². The maximum absolute atomic E-state index is 12.7. The first-order valence-electron chi connectivity index (χ1n) is 7.53. The average Bonchev–Trinajstić information content (AvgIpc) is 2.56. The van der Waals surface area contributed by atoms with Gasteiger partial charge in [0.1, 0.15) is 11.5 Å². The molecule has 2 rings (SSSR count). The molecule has 0 amide bonds. The molecule has 0 bridgehead atoms. The van der Waals surface area contributed by atoms with Crippen LogP contribution < -0.4 is 10.0 Å². The quantitative estimate of drug-likeness (QED) is 0.287. The van der Waals surface area contributed by atoms with E-state index in [0.717, 1.165) is 18.2 Å². The number of halogens is 5. The maximum Gasteiger partial charge on any atom is 0.501 e. The SMILES string of the molecule is CCCc1cc([N+](=O)[O-])c([P+](=O)Cl)cc1Oc1ccc(C(F)(F)F)cc1Cl. The van der Waals surface area contributed by atoms with Crippen LogP contribution in [0.15, 0.2) is 30.3 Å². The monoisotopic (exact) mass is 440 g/mol. The van der Waals surface area contributed by atoms with Gasteiger partial charge >= 0.3 is 19.0 Å². The predicted molar refractivity (Wildman–Crippen MR) is 96.7 cm³/mol. The van der Waals surface area contributed by atoms with Crippen LogP contribution in [0.25, 0.3) is 0 Å². The highest BCUT2D eigenvalue weighted by molar-refractivity contribution is 7.80. The molecule has 0 aliphatic carbocycles. The molecule has 2 aromatic carbocycles. The van der Waals surface area contributed by atoms with E-state index in [2.05, 4.69) is 0 Å². The van der Waals surface area contributed by atoms with Crippen molar-refractivity contribution in [3.05, 3.63) is 56.6 Å². The van der Waals surface area contributed by atoms with Crippen molar-refractivity contribution in [1.29, 1.82) is 0 Å². The third-order valence-electron chi connectivity index (χ3n) is 3.54. The summed E-state index contributed by atoms with van der Waals surface area (Å²) in [7, 11) is -2.57. The van der Waals surface area contributed by atoms with E-state index in [1.165, 1.54) is 6.07 Å². The number of nitrogens with zero attached hydrogens (tertiary/aromatic N) is 1. The van der Waals surface area contributed by atoms with Crippen molar-refractivity contribution in [2.75, 3.05) is 0 Å². The zero-order chi connectivity index (χ0) is 20.4. The standard InChI is InChI=1S/C16H12Cl2F3NO4P/c1-2-3-9-6-12(22(23)24)15(27(18)25)8-14(9)26-13-5-4-10(7-11(13)17)16(19,20)21/h4-8H,2-3H2,1H3/q+1. The Morgan fingerprint density at radius 2 is 1.89 bits per heavy atom. The van der Waals surface area contributed by atoms with Crippen LogP contribution >= 0.6 is 30.0 Å². The van der Waals surface area contributed by atoms with Gasteiger partial charge in [0.05, 0.1) is 15.5 Å². The van der Waals surface area contributed by atoms with Crippen LogP contribution in [-0.4, -0.2) is 4.92 Å². The first-order chi connectivity index (χ1) is 12.5. The summed E-state index contributed by atoms with van der Waals surface area (Å²) in [6.45, 7) is 1.83. The fourth-order valence-electron chi connectivity index (χ4n) is 2.33. The Hall–Kier alpha value is -1.89. The largest absolute Gasteiger partial charge is 0.501 e. The number of aryl methyl sites for hydroxylation is 1. The molecule has 1 atom stereocenters. The van der Waals surface area contributed by atoms with E-state index in [-0.39, 0.29) is 21.8 Å². The van der Waals surface area contributed by atoms with E-state index in [1.54, 1.807) is 0 Å². The van der Waals surface area contributed by atoms with Crippen molar-refractivity contribution in [3.8, 4) is 11.5 Å². The second kappa shape index (κ2) is 8.42. The van der Waals surface area contributed by atoms with E-state index in [4.69, 9.17) is 27.6 Å². The summed E-state index contributed by atoms with van der Waals surface area (Å²) in [5, 5.41) is 10.7. The summed E-state index contributed by atoms with van der Waals surface area (Å²) < 4.78 is 55.5. The topological polar surface area (TPSA) is 69.4 Å². The van der Waals surface area contributed by atoms with Crippen molar-refractivity contribution in [3.63, 3.8) is 0 Å². The Kier molecular flexibility index (Phi) is 6.68. The molecule has 0 fully saturated rings. The van der Waals surface area contributed by atoms with Crippen molar-refractivity contribution in [2.24, 2.45) is 0 Å². The predicted octanol–water partition coefficient (Wildman–Crippen LogP) is 6.62. The fraction of sp³-hybridized carbons (Fsp3) is 0.250. The fourth-order valence-corrected chi connectivity index (χ4v) is 3.50. The Labute approximate surface area is 162 Å². The molecule has 0 aliphatic rings. The summed E-state index contributed by atoms with van der Waals surface area (Å²) >= 11 is 11.4. The minimum atomic E-state index is -4.56. The lowest BCUT2D eigenvalue weighted by molar-refractivity contribution is -0.383. The Morgan fingerprint density at radius 1 is 1.22 bits per heavy atom. The normalized spacial score (nSPS) is 12.0. The molecule has 27 heavy (non-hydrogen) atoms. The van der Waals surface area contributed by atoms with Gasteiger partial charge in [0.2, 0.25) is 11.2 Å². The van der Waals surface area contributed by atoms with Gasteiger partial charge in [-0.2, -0.15) is 13.2 Å². The van der Waals surface area contributed by atoms with Gasteiger partial charge in [-0.25, -0.2) is 0 Å². The molecule has 0 aliphatic heterocycles. The van der Waals surface area contributed by atoms with Gasteiger partial charge in [-0.15, -0.1) is 0 Å². The molecule has 0 spiro atoms. The molecule has 0 N–H and O–H groups in total. The number of alkyl halides is 3.